The molecular weight excluding hydrogens is 488 g/mol. The van der Waals surface area contributed by atoms with E-state index in [-0.39, 0.29) is 0 Å². The van der Waals surface area contributed by atoms with Crippen molar-refractivity contribution in [2.45, 2.75) is 113 Å². The summed E-state index contributed by atoms with van der Waals surface area (Å²) in [5.74, 6) is 0.505. The molecule has 0 saturated heterocycles. The van der Waals surface area contributed by atoms with E-state index in [1.54, 1.807) is 5.57 Å². The highest BCUT2D eigenvalue weighted by Crippen LogP contribution is 2.43. The molecule has 40 heavy (non-hydrogen) atoms. The number of hydrogen-bond acceptors (Lipinski definition) is 1. The molecule has 0 N–H and O–H groups in total. The van der Waals surface area contributed by atoms with Crippen LogP contribution in [0.1, 0.15) is 102 Å². The number of hydrogen-bond donors (Lipinski definition) is 0. The van der Waals surface area contributed by atoms with E-state index in [1.165, 1.54) is 71.8 Å². The van der Waals surface area contributed by atoms with Crippen LogP contribution in [0.4, 0.5) is 0 Å². The lowest BCUT2D eigenvalue weighted by Gasteiger charge is -2.32. The first-order chi connectivity index (χ1) is 19.5. The van der Waals surface area contributed by atoms with Crippen LogP contribution in [0.25, 0.3) is 34.2 Å². The Balaban J connectivity index is 1.97. The number of nitrogens with zero attached hydrogens (tertiary/aromatic N) is 4. The normalized spacial score (nSPS) is 19.9. The lowest BCUT2D eigenvalue weighted by atomic mass is 9.89. The molecule has 4 aromatic heterocycles. The number of aromatic nitrogens is 3. The second-order valence-corrected chi connectivity index (χ2v) is 12.0. The minimum Gasteiger partial charge on any atom is -0.273 e. The van der Waals surface area contributed by atoms with Gasteiger partial charge in [0.25, 0.3) is 0 Å². The SMILES string of the molecule is CCC1=C2C=c3c(CC)c(CC)c4cc5c(CC)c(CC)c6cc7c(CC)c(CC)/c(n7n34)=C/C(C1CC)N2n56. The van der Waals surface area contributed by atoms with E-state index < -0.39 is 0 Å². The summed E-state index contributed by atoms with van der Waals surface area (Å²) in [5.41, 5.74) is 17.8. The van der Waals surface area contributed by atoms with E-state index in [1.807, 2.05) is 0 Å². The molecule has 12 bridgehead atoms. The maximum Gasteiger partial charge on any atom is 0.0780 e. The first-order valence-corrected chi connectivity index (χ1v) is 16.2. The summed E-state index contributed by atoms with van der Waals surface area (Å²) in [4.78, 5) is 0. The summed E-state index contributed by atoms with van der Waals surface area (Å²) in [6.45, 7) is 18.9. The third-order valence-corrected chi connectivity index (χ3v) is 10.5. The molecule has 0 radical (unpaired) electrons. The molecule has 4 aromatic rings. The molecule has 2 atom stereocenters. The summed E-state index contributed by atoms with van der Waals surface area (Å²) in [7, 11) is 0. The van der Waals surface area contributed by atoms with Crippen LogP contribution in [0.3, 0.4) is 0 Å². The topological polar surface area (TPSA) is 17.0 Å². The van der Waals surface area contributed by atoms with Crippen molar-refractivity contribution in [1.82, 2.24) is 13.7 Å². The van der Waals surface area contributed by atoms with Crippen LogP contribution < -0.4 is 15.7 Å². The summed E-state index contributed by atoms with van der Waals surface area (Å²) in [6.07, 6.45) is 13.8. The van der Waals surface area contributed by atoms with Gasteiger partial charge in [-0.15, -0.1) is 0 Å². The Morgan fingerprint density at radius 2 is 1.02 bits per heavy atom. The van der Waals surface area contributed by atoms with Gasteiger partial charge in [-0.2, -0.15) is 0 Å². The van der Waals surface area contributed by atoms with Crippen molar-refractivity contribution in [1.29, 1.82) is 0 Å². The van der Waals surface area contributed by atoms with E-state index >= 15 is 0 Å². The second kappa shape index (κ2) is 9.19. The summed E-state index contributed by atoms with van der Waals surface area (Å²) >= 11 is 0. The van der Waals surface area contributed by atoms with Crippen molar-refractivity contribution >= 4 is 34.2 Å². The molecule has 0 aromatic carbocycles. The average Bonchev–Trinajstić information content (AvgIpc) is 3.66. The largest absolute Gasteiger partial charge is 0.273 e. The Bertz CT molecular complexity index is 1870. The van der Waals surface area contributed by atoms with Gasteiger partial charge < -0.3 is 0 Å². The van der Waals surface area contributed by atoms with Gasteiger partial charge in [0.15, 0.2) is 0 Å². The molecule has 0 aliphatic carbocycles. The van der Waals surface area contributed by atoms with Crippen LogP contribution in [-0.2, 0) is 38.5 Å². The average molecular weight is 535 g/mol. The zero-order chi connectivity index (χ0) is 28.0. The fourth-order valence-corrected chi connectivity index (χ4v) is 8.97. The Kier molecular flexibility index (Phi) is 5.93. The predicted molar refractivity (Wildman–Crippen MR) is 170 cm³/mol. The summed E-state index contributed by atoms with van der Waals surface area (Å²) in [6, 6.07) is 5.46. The fourth-order valence-electron chi connectivity index (χ4n) is 8.97. The number of aryl methyl sites for hydroxylation is 4. The minimum absolute atomic E-state index is 0.295. The molecule has 0 amide bonds. The van der Waals surface area contributed by atoms with E-state index in [2.05, 4.69) is 98.4 Å². The zero-order valence-corrected chi connectivity index (χ0v) is 25.9. The molecule has 0 spiro atoms. The molecule has 8 heterocycles. The third kappa shape index (κ3) is 2.93. The van der Waals surface area contributed by atoms with Crippen molar-refractivity contribution in [2.75, 3.05) is 5.01 Å². The maximum atomic E-state index is 2.74. The molecule has 0 saturated carbocycles. The van der Waals surface area contributed by atoms with Gasteiger partial charge in [0.05, 0.1) is 44.5 Å². The maximum absolute atomic E-state index is 2.74. The van der Waals surface area contributed by atoms with E-state index in [4.69, 9.17) is 0 Å². The van der Waals surface area contributed by atoms with Crippen LogP contribution in [0, 0.1) is 5.92 Å². The molecular formula is C36H46N4. The van der Waals surface area contributed by atoms with Gasteiger partial charge in [-0.3, -0.25) is 9.69 Å². The lowest BCUT2D eigenvalue weighted by molar-refractivity contribution is 0.517. The third-order valence-electron chi connectivity index (χ3n) is 10.5. The van der Waals surface area contributed by atoms with Gasteiger partial charge in [0.1, 0.15) is 0 Å². The smallest absolute Gasteiger partial charge is 0.0780 e. The predicted octanol–water partition coefficient (Wildman–Crippen LogP) is 6.68. The molecule has 2 unspecified atom stereocenters. The van der Waals surface area contributed by atoms with Crippen LogP contribution in [0.5, 0.6) is 0 Å². The van der Waals surface area contributed by atoms with Crippen molar-refractivity contribution < 1.29 is 0 Å². The molecule has 8 rings (SSSR count). The highest BCUT2D eigenvalue weighted by Gasteiger charge is 2.41. The van der Waals surface area contributed by atoms with Crippen molar-refractivity contribution in [3.63, 3.8) is 0 Å². The van der Waals surface area contributed by atoms with Gasteiger partial charge in [0, 0.05) is 5.92 Å². The molecule has 4 aliphatic rings. The van der Waals surface area contributed by atoms with Gasteiger partial charge >= 0.3 is 0 Å². The van der Waals surface area contributed by atoms with Crippen LogP contribution >= 0.6 is 0 Å². The molecule has 0 fully saturated rings. The first-order valence-electron chi connectivity index (χ1n) is 16.2. The van der Waals surface area contributed by atoms with Gasteiger partial charge in [-0.25, -0.2) is 9.03 Å². The highest BCUT2D eigenvalue weighted by atomic mass is 15.6. The van der Waals surface area contributed by atoms with Crippen molar-refractivity contribution in [3.8, 4) is 0 Å². The van der Waals surface area contributed by atoms with Gasteiger partial charge in [0.2, 0.25) is 0 Å². The monoisotopic (exact) mass is 534 g/mol. The summed E-state index contributed by atoms with van der Waals surface area (Å²) < 4.78 is 7.98. The highest BCUT2D eigenvalue weighted by molar-refractivity contribution is 5.85. The Morgan fingerprint density at radius 1 is 0.550 bits per heavy atom. The fraction of sp³-hybridized carbons (Fsp3) is 0.500. The van der Waals surface area contributed by atoms with Crippen LogP contribution in [-0.4, -0.2) is 19.7 Å². The Labute approximate surface area is 238 Å². The van der Waals surface area contributed by atoms with E-state index in [0.717, 1.165) is 51.4 Å². The van der Waals surface area contributed by atoms with E-state index in [9.17, 15) is 0 Å². The van der Waals surface area contributed by atoms with Gasteiger partial charge in [-0.05, 0) is 115 Å². The Hall–Kier alpha value is -3.14. The van der Waals surface area contributed by atoms with Gasteiger partial charge in [-0.1, -0.05) is 55.4 Å². The lowest BCUT2D eigenvalue weighted by Crippen LogP contribution is -2.41. The van der Waals surface area contributed by atoms with Crippen molar-refractivity contribution in [3.05, 3.63) is 67.5 Å². The first kappa shape index (κ1) is 25.8. The molecule has 210 valence electrons. The Morgan fingerprint density at radius 3 is 1.50 bits per heavy atom. The number of rotatable bonds is 8. The van der Waals surface area contributed by atoms with Crippen LogP contribution in [0.2, 0.25) is 0 Å². The molecule has 4 heteroatoms. The zero-order valence-electron chi connectivity index (χ0n) is 25.9. The standard InChI is InChI=1S/C36H46N4/c1-9-21-22(10-2)30-18-32-25(13-5)28(16-8)36-20-34-27(15-7)26(14-6)33-19-35-24(12-4)23(11-3)31(39(35)40(32)36)17-29(21)37(30)38(33)34/h17-21,29H,9-16H2,1-8H3/b31-17-,32-18?,35-19?,36-20?. The number of allylic oxidation sites excluding steroid dienone is 1. The van der Waals surface area contributed by atoms with Crippen LogP contribution in [0.15, 0.2) is 23.4 Å². The molecule has 4 nitrogen and oxygen atoms in total. The summed E-state index contributed by atoms with van der Waals surface area (Å²) in [5, 5.41) is 5.55. The molecule has 4 aliphatic heterocycles. The quantitative estimate of drug-likeness (QED) is 0.246. The van der Waals surface area contributed by atoms with E-state index in [0.29, 0.717) is 12.0 Å². The second-order valence-electron chi connectivity index (χ2n) is 12.0. The minimum atomic E-state index is 0.295. The van der Waals surface area contributed by atoms with Crippen molar-refractivity contribution in [2.24, 2.45) is 5.92 Å².